The molecule has 0 aliphatic rings. The fourth-order valence-electron chi connectivity index (χ4n) is 1.57. The predicted octanol–water partition coefficient (Wildman–Crippen LogP) is 2.18. The average Bonchev–Trinajstić information content (AvgIpc) is 2.26. The molecule has 0 saturated carbocycles. The maximum absolute atomic E-state index is 5.26. The van der Waals surface area contributed by atoms with Crippen LogP contribution in [0.2, 0.25) is 0 Å². The summed E-state index contributed by atoms with van der Waals surface area (Å²) in [6.07, 6.45) is 0.850. The van der Waals surface area contributed by atoms with Crippen LogP contribution in [0.15, 0.2) is 0 Å². The van der Waals surface area contributed by atoms with E-state index in [-0.39, 0.29) is 0 Å². The largest absolute Gasteiger partial charge is 0.481 e. The van der Waals surface area contributed by atoms with Gasteiger partial charge in [-0.15, -0.1) is 0 Å². The highest BCUT2D eigenvalue weighted by Crippen LogP contribution is 2.29. The highest BCUT2D eigenvalue weighted by molar-refractivity contribution is 5.35. The first-order valence-corrected chi connectivity index (χ1v) is 5.12. The molecule has 0 N–H and O–H groups in total. The Morgan fingerprint density at radius 2 is 1.80 bits per heavy atom. The van der Waals surface area contributed by atoms with E-state index < -0.39 is 0 Å². The van der Waals surface area contributed by atoms with E-state index in [9.17, 15) is 0 Å². The summed E-state index contributed by atoms with van der Waals surface area (Å²) in [7, 11) is 3.18. The summed E-state index contributed by atoms with van der Waals surface area (Å²) in [6, 6.07) is 0.369. The van der Waals surface area contributed by atoms with E-state index in [1.54, 1.807) is 14.2 Å². The molecule has 0 unspecified atom stereocenters. The van der Waals surface area contributed by atoms with Crippen molar-refractivity contribution in [3.05, 3.63) is 11.3 Å². The minimum atomic E-state index is 0.348. The summed E-state index contributed by atoms with van der Waals surface area (Å²) in [6.45, 7) is 6.27. The molecule has 0 atom stereocenters. The fourth-order valence-corrected chi connectivity index (χ4v) is 1.57. The van der Waals surface area contributed by atoms with Crippen LogP contribution in [-0.2, 0) is 6.42 Å². The second-order valence-corrected chi connectivity index (χ2v) is 3.59. The van der Waals surface area contributed by atoms with Crippen LogP contribution < -0.4 is 9.47 Å². The van der Waals surface area contributed by atoms with E-state index >= 15 is 0 Å². The quantitative estimate of drug-likeness (QED) is 0.764. The number of rotatable bonds is 4. The average molecular weight is 210 g/mol. The molecule has 0 aliphatic heterocycles. The third-order valence-corrected chi connectivity index (χ3v) is 2.26. The summed E-state index contributed by atoms with van der Waals surface area (Å²) < 4.78 is 10.3. The highest BCUT2D eigenvalue weighted by atomic mass is 16.5. The van der Waals surface area contributed by atoms with Crippen molar-refractivity contribution in [3.63, 3.8) is 0 Å². The molecule has 15 heavy (non-hydrogen) atoms. The highest BCUT2D eigenvalue weighted by Gasteiger charge is 2.16. The van der Waals surface area contributed by atoms with Crippen molar-refractivity contribution in [2.24, 2.45) is 0 Å². The van der Waals surface area contributed by atoms with Gasteiger partial charge in [0, 0.05) is 5.56 Å². The van der Waals surface area contributed by atoms with Crippen molar-refractivity contribution in [1.29, 1.82) is 0 Å². The van der Waals surface area contributed by atoms with Crippen LogP contribution in [0.5, 0.6) is 11.9 Å². The molecule has 0 saturated heterocycles. The van der Waals surface area contributed by atoms with Gasteiger partial charge in [-0.2, -0.15) is 9.97 Å². The molecule has 1 heterocycles. The van der Waals surface area contributed by atoms with Crippen LogP contribution >= 0.6 is 0 Å². The van der Waals surface area contributed by atoms with Crippen LogP contribution in [0.4, 0.5) is 0 Å². The summed E-state index contributed by atoms with van der Waals surface area (Å²) in [5.41, 5.74) is 2.06. The van der Waals surface area contributed by atoms with E-state index in [4.69, 9.17) is 9.47 Å². The van der Waals surface area contributed by atoms with Crippen LogP contribution in [-0.4, -0.2) is 24.2 Å². The van der Waals surface area contributed by atoms with Gasteiger partial charge in [-0.3, -0.25) is 0 Å². The number of aryl methyl sites for hydroxylation is 1. The molecule has 0 aromatic carbocycles. The van der Waals surface area contributed by atoms with Crippen molar-refractivity contribution in [2.75, 3.05) is 14.2 Å². The van der Waals surface area contributed by atoms with E-state index in [1.165, 1.54) is 0 Å². The summed E-state index contributed by atoms with van der Waals surface area (Å²) in [5.74, 6) is 0.967. The first-order chi connectivity index (χ1) is 7.13. The van der Waals surface area contributed by atoms with Crippen molar-refractivity contribution in [3.8, 4) is 11.9 Å². The Labute approximate surface area is 90.7 Å². The lowest BCUT2D eigenvalue weighted by atomic mass is 10.0. The Hall–Kier alpha value is -1.32. The maximum atomic E-state index is 5.26. The van der Waals surface area contributed by atoms with Gasteiger partial charge in [-0.25, -0.2) is 0 Å². The zero-order valence-electron chi connectivity index (χ0n) is 10.00. The molecule has 0 amide bonds. The smallest absolute Gasteiger partial charge is 0.319 e. The lowest BCUT2D eigenvalue weighted by Crippen LogP contribution is -2.06. The fraction of sp³-hybridized carbons (Fsp3) is 0.636. The molecule has 0 radical (unpaired) electrons. The van der Waals surface area contributed by atoms with Gasteiger partial charge in [0.15, 0.2) is 0 Å². The Morgan fingerprint density at radius 1 is 1.13 bits per heavy atom. The Morgan fingerprint density at radius 3 is 2.20 bits per heavy atom. The number of hydrogen-bond acceptors (Lipinski definition) is 4. The third-order valence-electron chi connectivity index (χ3n) is 2.26. The molecular formula is C11H18N2O2. The Kier molecular flexibility index (Phi) is 3.88. The number of methoxy groups -OCH3 is 2. The zero-order valence-corrected chi connectivity index (χ0v) is 10.00. The van der Waals surface area contributed by atoms with Crippen molar-refractivity contribution >= 4 is 0 Å². The van der Waals surface area contributed by atoms with Gasteiger partial charge in [0.05, 0.1) is 19.9 Å². The molecule has 0 spiro atoms. The topological polar surface area (TPSA) is 44.2 Å². The minimum Gasteiger partial charge on any atom is -0.481 e. The first kappa shape index (κ1) is 11.8. The molecule has 0 aliphatic carbocycles. The normalized spacial score (nSPS) is 10.5. The second-order valence-electron chi connectivity index (χ2n) is 3.59. The molecule has 0 bridgehead atoms. The van der Waals surface area contributed by atoms with E-state index in [2.05, 4.69) is 30.7 Å². The van der Waals surface area contributed by atoms with Crippen LogP contribution in [0.3, 0.4) is 0 Å². The zero-order chi connectivity index (χ0) is 11.4. The summed E-state index contributed by atoms with van der Waals surface area (Å²) in [4.78, 5) is 8.51. The number of aromatic nitrogens is 2. The summed E-state index contributed by atoms with van der Waals surface area (Å²) >= 11 is 0. The monoisotopic (exact) mass is 210 g/mol. The van der Waals surface area contributed by atoms with Crippen molar-refractivity contribution < 1.29 is 9.47 Å². The van der Waals surface area contributed by atoms with Gasteiger partial charge in [-0.1, -0.05) is 20.8 Å². The van der Waals surface area contributed by atoms with Gasteiger partial charge in [0.2, 0.25) is 5.88 Å². The molecule has 4 nitrogen and oxygen atoms in total. The number of ether oxygens (including phenoxy) is 2. The Bertz CT molecular complexity index is 312. The van der Waals surface area contributed by atoms with E-state index in [0.29, 0.717) is 17.8 Å². The van der Waals surface area contributed by atoms with E-state index in [1.807, 2.05) is 0 Å². The predicted molar refractivity (Wildman–Crippen MR) is 58.6 cm³/mol. The lowest BCUT2D eigenvalue weighted by Gasteiger charge is -2.15. The molecule has 1 aromatic heterocycles. The molecular weight excluding hydrogens is 192 g/mol. The van der Waals surface area contributed by atoms with Crippen molar-refractivity contribution in [1.82, 2.24) is 9.97 Å². The Balaban J connectivity index is 3.32. The molecule has 0 fully saturated rings. The van der Waals surface area contributed by atoms with Crippen LogP contribution in [0.1, 0.15) is 37.9 Å². The number of hydrogen-bond donors (Lipinski definition) is 0. The minimum absolute atomic E-state index is 0.348. The molecule has 1 rings (SSSR count). The SMILES string of the molecule is CCc1nc(OC)nc(OC)c1C(C)C. The van der Waals surface area contributed by atoms with Gasteiger partial charge in [0.1, 0.15) is 0 Å². The second kappa shape index (κ2) is 4.96. The summed E-state index contributed by atoms with van der Waals surface area (Å²) in [5, 5.41) is 0. The third kappa shape index (κ3) is 2.37. The molecule has 1 aromatic rings. The lowest BCUT2D eigenvalue weighted by molar-refractivity contribution is 0.345. The van der Waals surface area contributed by atoms with Crippen molar-refractivity contribution in [2.45, 2.75) is 33.1 Å². The van der Waals surface area contributed by atoms with Crippen LogP contribution in [0, 0.1) is 0 Å². The molecule has 4 heteroatoms. The van der Waals surface area contributed by atoms with Gasteiger partial charge < -0.3 is 9.47 Å². The van der Waals surface area contributed by atoms with E-state index in [0.717, 1.165) is 17.7 Å². The van der Waals surface area contributed by atoms with Gasteiger partial charge in [-0.05, 0) is 12.3 Å². The van der Waals surface area contributed by atoms with Gasteiger partial charge >= 0.3 is 6.01 Å². The number of nitrogens with zero attached hydrogens (tertiary/aromatic N) is 2. The molecule has 84 valence electrons. The van der Waals surface area contributed by atoms with Crippen LogP contribution in [0.25, 0.3) is 0 Å². The maximum Gasteiger partial charge on any atom is 0.319 e. The van der Waals surface area contributed by atoms with Gasteiger partial charge in [0.25, 0.3) is 0 Å². The first-order valence-electron chi connectivity index (χ1n) is 5.12. The standard InChI is InChI=1S/C11H18N2O2/c1-6-8-9(7(2)3)10(14-4)13-11(12-8)15-5/h7H,6H2,1-5H3.